The molecule has 1 aliphatic heterocycles. The maximum absolute atomic E-state index is 13.7. The number of hydrogen-bond donors (Lipinski definition) is 1. The predicted molar refractivity (Wildman–Crippen MR) is 121 cm³/mol. The second-order valence-corrected chi connectivity index (χ2v) is 9.12. The van der Waals surface area contributed by atoms with E-state index in [9.17, 15) is 18.0 Å². The Kier molecular flexibility index (Phi) is 5.50. The smallest absolute Gasteiger partial charge is 0.365 e. The molecule has 1 saturated heterocycles. The van der Waals surface area contributed by atoms with Crippen LogP contribution in [0.3, 0.4) is 0 Å². The average molecular weight is 467 g/mol. The van der Waals surface area contributed by atoms with Crippen molar-refractivity contribution in [2.45, 2.75) is 44.9 Å². The number of nitrogens with one attached hydrogen (secondary N) is 1. The Bertz CT molecular complexity index is 1230. The van der Waals surface area contributed by atoms with E-state index >= 15 is 0 Å². The lowest BCUT2D eigenvalue weighted by Gasteiger charge is -2.34. The van der Waals surface area contributed by atoms with E-state index in [1.54, 1.807) is 12.4 Å². The minimum absolute atomic E-state index is 0.0811. The monoisotopic (exact) mass is 467 g/mol. The Morgan fingerprint density at radius 2 is 1.91 bits per heavy atom. The summed E-state index contributed by atoms with van der Waals surface area (Å²) in [6.45, 7) is 4.52. The highest BCUT2D eigenvalue weighted by Gasteiger charge is 2.47. The molecular weight excluding hydrogens is 443 g/mol. The van der Waals surface area contributed by atoms with Gasteiger partial charge in [0.05, 0.1) is 17.3 Å². The summed E-state index contributed by atoms with van der Waals surface area (Å²) >= 11 is 0. The van der Waals surface area contributed by atoms with Crippen LogP contribution < -0.4 is 5.32 Å². The van der Waals surface area contributed by atoms with Gasteiger partial charge in [-0.2, -0.15) is 13.2 Å². The fourth-order valence-electron chi connectivity index (χ4n) is 5.07. The lowest BCUT2D eigenvalue weighted by atomic mass is 10.0. The van der Waals surface area contributed by atoms with Crippen LogP contribution >= 0.6 is 0 Å². The van der Waals surface area contributed by atoms with Gasteiger partial charge >= 0.3 is 6.18 Å². The lowest BCUT2D eigenvalue weighted by Crippen LogP contribution is -2.48. The zero-order chi connectivity index (χ0) is 24.0. The normalized spacial score (nSPS) is 21.7. The number of likely N-dealkylation sites (tertiary alicyclic amines) is 1. The molecule has 1 N–H and O–H groups in total. The van der Waals surface area contributed by atoms with Gasteiger partial charge in [-0.3, -0.25) is 14.8 Å². The molecule has 1 amide bonds. The van der Waals surface area contributed by atoms with E-state index in [0.29, 0.717) is 29.5 Å². The maximum atomic E-state index is 13.7. The first kappa shape index (κ1) is 22.3. The number of halogens is 3. The fourth-order valence-corrected chi connectivity index (χ4v) is 5.07. The third-order valence-electron chi connectivity index (χ3n) is 6.66. The van der Waals surface area contributed by atoms with Crippen LogP contribution in [0.2, 0.25) is 0 Å². The number of aryl methyl sites for hydroxylation is 2. The number of carbonyl (C=O) groups is 1. The first-order valence-electron chi connectivity index (χ1n) is 11.2. The van der Waals surface area contributed by atoms with Crippen molar-refractivity contribution < 1.29 is 18.0 Å². The van der Waals surface area contributed by atoms with E-state index in [1.165, 1.54) is 6.07 Å². The summed E-state index contributed by atoms with van der Waals surface area (Å²) in [7, 11) is 0. The van der Waals surface area contributed by atoms with Crippen molar-refractivity contribution in [3.63, 3.8) is 0 Å². The van der Waals surface area contributed by atoms with Crippen LogP contribution in [0.4, 0.5) is 19.0 Å². The molecule has 9 heteroatoms. The first-order chi connectivity index (χ1) is 16.2. The molecule has 2 fully saturated rings. The predicted octanol–water partition coefficient (Wildman–Crippen LogP) is 4.89. The van der Waals surface area contributed by atoms with E-state index < -0.39 is 11.7 Å². The molecule has 34 heavy (non-hydrogen) atoms. The van der Waals surface area contributed by atoms with Crippen LogP contribution in [0.15, 0.2) is 48.9 Å². The summed E-state index contributed by atoms with van der Waals surface area (Å²) in [6, 6.07) is 7.93. The highest BCUT2D eigenvalue weighted by Crippen LogP contribution is 2.40. The lowest BCUT2D eigenvalue weighted by molar-refractivity contribution is -0.137. The number of aromatic nitrogens is 3. The highest BCUT2D eigenvalue weighted by atomic mass is 19.4. The topological polar surface area (TPSA) is 71.0 Å². The van der Waals surface area contributed by atoms with E-state index in [4.69, 9.17) is 0 Å². The van der Waals surface area contributed by atoms with E-state index in [1.807, 2.05) is 36.9 Å². The number of carbonyl (C=O) groups excluding carboxylic acids is 1. The Morgan fingerprint density at radius 3 is 2.59 bits per heavy atom. The number of pyridine rings is 3. The molecule has 3 aromatic heterocycles. The number of fused-ring (bicyclic) bond motifs is 2. The molecule has 3 atom stereocenters. The van der Waals surface area contributed by atoms with Crippen molar-refractivity contribution in [3.8, 4) is 11.3 Å². The number of alkyl halides is 3. The molecule has 2 bridgehead atoms. The van der Waals surface area contributed by atoms with Crippen molar-refractivity contribution in [1.29, 1.82) is 0 Å². The fraction of sp³-hybridized carbons (Fsp3) is 0.360. The molecule has 5 rings (SSSR count). The van der Waals surface area contributed by atoms with Crippen molar-refractivity contribution in [2.75, 3.05) is 11.9 Å². The number of amides is 1. The van der Waals surface area contributed by atoms with Gasteiger partial charge in [0.15, 0.2) is 0 Å². The van der Waals surface area contributed by atoms with Gasteiger partial charge in [-0.25, -0.2) is 4.98 Å². The van der Waals surface area contributed by atoms with Crippen molar-refractivity contribution in [1.82, 2.24) is 19.9 Å². The van der Waals surface area contributed by atoms with E-state index in [-0.39, 0.29) is 18.0 Å². The number of anilines is 1. The Labute approximate surface area is 195 Å². The summed E-state index contributed by atoms with van der Waals surface area (Å²) in [5.41, 5.74) is 2.92. The molecule has 4 heterocycles. The zero-order valence-electron chi connectivity index (χ0n) is 18.8. The zero-order valence-corrected chi connectivity index (χ0v) is 18.8. The summed E-state index contributed by atoms with van der Waals surface area (Å²) in [4.78, 5) is 28.4. The van der Waals surface area contributed by atoms with Gasteiger partial charge < -0.3 is 10.2 Å². The average Bonchev–Trinajstić information content (AvgIpc) is 3.39. The van der Waals surface area contributed by atoms with Crippen molar-refractivity contribution in [2.24, 2.45) is 5.92 Å². The molecule has 3 aromatic rings. The Hall–Kier alpha value is -3.49. The van der Waals surface area contributed by atoms with Crippen molar-refractivity contribution >= 4 is 11.7 Å². The van der Waals surface area contributed by atoms with Gasteiger partial charge in [0, 0.05) is 36.7 Å². The molecule has 176 valence electrons. The van der Waals surface area contributed by atoms with Gasteiger partial charge in [0.25, 0.3) is 5.91 Å². The number of hydrogen-bond acceptors (Lipinski definition) is 5. The molecule has 0 radical (unpaired) electrons. The summed E-state index contributed by atoms with van der Waals surface area (Å²) in [5.74, 6) is 0.544. The van der Waals surface area contributed by atoms with Gasteiger partial charge in [-0.15, -0.1) is 0 Å². The van der Waals surface area contributed by atoms with Crippen LogP contribution in [0.25, 0.3) is 11.3 Å². The Morgan fingerprint density at radius 1 is 1.09 bits per heavy atom. The van der Waals surface area contributed by atoms with Crippen LogP contribution in [0, 0.1) is 19.8 Å². The second-order valence-electron chi connectivity index (χ2n) is 9.12. The summed E-state index contributed by atoms with van der Waals surface area (Å²) < 4.78 is 38.5. The van der Waals surface area contributed by atoms with E-state index in [0.717, 1.165) is 41.9 Å². The molecule has 2 aliphatic rings. The van der Waals surface area contributed by atoms with Crippen LogP contribution in [0.5, 0.6) is 0 Å². The first-order valence-corrected chi connectivity index (χ1v) is 11.2. The number of rotatable bonds is 4. The third-order valence-corrected chi connectivity index (χ3v) is 6.66. The maximum Gasteiger partial charge on any atom is 0.417 e. The molecule has 6 nitrogen and oxygen atoms in total. The molecule has 1 aliphatic carbocycles. The quantitative estimate of drug-likeness (QED) is 0.592. The van der Waals surface area contributed by atoms with Gasteiger partial charge in [0.2, 0.25) is 0 Å². The van der Waals surface area contributed by atoms with Gasteiger partial charge in [-0.1, -0.05) is 6.07 Å². The van der Waals surface area contributed by atoms with E-state index in [2.05, 4.69) is 20.3 Å². The molecule has 0 aromatic carbocycles. The standard InChI is InChI=1S/C25H24F3N5O/c1-14-8-18(22-15(2)4-3-7-29-22)23(31-11-14)24(34)33-13-16-9-19(20(33)10-16)32-21-6-5-17(12-30-21)25(26,27)28/h3-8,11-12,16,19-20H,9-10,13H2,1-2H3,(H,30,32)/t16-,19+,20-/m0/s1. The van der Waals surface area contributed by atoms with Gasteiger partial charge in [-0.05, 0) is 68.0 Å². The Balaban J connectivity index is 1.39. The summed E-state index contributed by atoms with van der Waals surface area (Å²) in [5, 5.41) is 3.25. The largest absolute Gasteiger partial charge is 0.417 e. The minimum Gasteiger partial charge on any atom is -0.365 e. The molecule has 1 saturated carbocycles. The minimum atomic E-state index is -4.42. The number of piperidine rings is 1. The molecular formula is C25H24F3N5O. The third kappa shape index (κ3) is 4.10. The van der Waals surface area contributed by atoms with Crippen molar-refractivity contribution in [3.05, 3.63) is 71.3 Å². The SMILES string of the molecule is Cc1cnc(C(=O)N2C[C@H]3C[C@@H](Nc4ccc(C(F)(F)F)cn4)[C@@H]2C3)c(-c2ncccc2C)c1. The van der Waals surface area contributed by atoms with Crippen LogP contribution in [-0.4, -0.2) is 44.4 Å². The number of nitrogens with zero attached hydrogens (tertiary/aromatic N) is 4. The van der Waals surface area contributed by atoms with Gasteiger partial charge in [0.1, 0.15) is 11.5 Å². The molecule has 0 unspecified atom stereocenters. The van der Waals surface area contributed by atoms with Crippen LogP contribution in [-0.2, 0) is 6.18 Å². The molecule has 0 spiro atoms. The summed E-state index contributed by atoms with van der Waals surface area (Å²) in [6.07, 6.45) is 1.47. The highest BCUT2D eigenvalue weighted by molar-refractivity contribution is 5.99. The van der Waals surface area contributed by atoms with Crippen LogP contribution in [0.1, 0.15) is 40.0 Å². The second kappa shape index (κ2) is 8.38.